The number of hydrogen-bond acceptors (Lipinski definition) is 2. The molecule has 106 valence electrons. The molecule has 0 saturated carbocycles. The molecular formula is C15H14BrF2NO. The highest BCUT2D eigenvalue weighted by atomic mass is 79.9. The Morgan fingerprint density at radius 1 is 1.05 bits per heavy atom. The molecule has 20 heavy (non-hydrogen) atoms. The van der Waals surface area contributed by atoms with Crippen molar-refractivity contribution in [2.45, 2.75) is 13.0 Å². The predicted molar refractivity (Wildman–Crippen MR) is 79.1 cm³/mol. The molecule has 0 aromatic heterocycles. The molecule has 0 fully saturated rings. The van der Waals surface area contributed by atoms with E-state index in [0.29, 0.717) is 11.3 Å². The van der Waals surface area contributed by atoms with Crippen molar-refractivity contribution in [2.24, 2.45) is 0 Å². The lowest BCUT2D eigenvalue weighted by molar-refractivity contribution is 0.414. The fourth-order valence-electron chi connectivity index (χ4n) is 1.92. The van der Waals surface area contributed by atoms with E-state index in [4.69, 9.17) is 4.74 Å². The van der Waals surface area contributed by atoms with Gasteiger partial charge in [-0.15, -0.1) is 0 Å². The lowest BCUT2D eigenvalue weighted by Crippen LogP contribution is -2.07. The van der Waals surface area contributed by atoms with Gasteiger partial charge < -0.3 is 10.1 Å². The topological polar surface area (TPSA) is 21.3 Å². The van der Waals surface area contributed by atoms with Gasteiger partial charge >= 0.3 is 0 Å². The highest BCUT2D eigenvalue weighted by Gasteiger charge is 2.09. The molecular weight excluding hydrogens is 328 g/mol. The van der Waals surface area contributed by atoms with E-state index in [2.05, 4.69) is 21.2 Å². The Kier molecular flexibility index (Phi) is 4.60. The highest BCUT2D eigenvalue weighted by molar-refractivity contribution is 9.10. The van der Waals surface area contributed by atoms with Gasteiger partial charge in [-0.25, -0.2) is 8.78 Å². The largest absolute Gasteiger partial charge is 0.497 e. The Morgan fingerprint density at radius 2 is 1.70 bits per heavy atom. The van der Waals surface area contributed by atoms with Gasteiger partial charge in [0.25, 0.3) is 0 Å². The van der Waals surface area contributed by atoms with E-state index in [0.717, 1.165) is 16.2 Å². The molecule has 0 heterocycles. The van der Waals surface area contributed by atoms with Crippen LogP contribution in [0, 0.1) is 11.6 Å². The molecule has 5 heteroatoms. The molecule has 0 spiro atoms. The summed E-state index contributed by atoms with van der Waals surface area (Å²) in [6.45, 7) is 1.83. The number of methoxy groups -OCH3 is 1. The SMILES string of the molecule is COc1cc(Br)cc(NC(C)c2cc(F)cc(F)c2)c1. The minimum atomic E-state index is -0.583. The zero-order chi connectivity index (χ0) is 14.7. The van der Waals surface area contributed by atoms with Crippen LogP contribution in [-0.4, -0.2) is 7.11 Å². The van der Waals surface area contributed by atoms with E-state index in [-0.39, 0.29) is 6.04 Å². The van der Waals surface area contributed by atoms with Crippen molar-refractivity contribution in [3.05, 3.63) is 58.1 Å². The van der Waals surface area contributed by atoms with Crippen molar-refractivity contribution in [1.82, 2.24) is 0 Å². The average Bonchev–Trinajstić information content (AvgIpc) is 2.36. The molecule has 0 aliphatic rings. The molecule has 0 aliphatic heterocycles. The summed E-state index contributed by atoms with van der Waals surface area (Å²) in [5.41, 5.74) is 1.34. The summed E-state index contributed by atoms with van der Waals surface area (Å²) in [5, 5.41) is 3.18. The maximum Gasteiger partial charge on any atom is 0.126 e. The first-order valence-electron chi connectivity index (χ1n) is 6.05. The van der Waals surface area contributed by atoms with Crippen LogP contribution in [0.3, 0.4) is 0 Å². The monoisotopic (exact) mass is 341 g/mol. The van der Waals surface area contributed by atoms with Gasteiger partial charge in [-0.05, 0) is 36.8 Å². The minimum absolute atomic E-state index is 0.237. The number of rotatable bonds is 4. The van der Waals surface area contributed by atoms with Crippen molar-refractivity contribution >= 4 is 21.6 Å². The Hall–Kier alpha value is -1.62. The van der Waals surface area contributed by atoms with Crippen LogP contribution in [-0.2, 0) is 0 Å². The van der Waals surface area contributed by atoms with Gasteiger partial charge in [-0.2, -0.15) is 0 Å². The molecule has 2 aromatic rings. The Bertz CT molecular complexity index is 599. The quantitative estimate of drug-likeness (QED) is 0.853. The normalized spacial score (nSPS) is 12.1. The van der Waals surface area contributed by atoms with Crippen LogP contribution < -0.4 is 10.1 Å². The second-order valence-corrected chi connectivity index (χ2v) is 5.36. The standard InChI is InChI=1S/C15H14BrF2NO/c1-9(10-3-12(17)7-13(18)4-10)19-14-5-11(16)6-15(8-14)20-2/h3-9,19H,1-2H3. The lowest BCUT2D eigenvalue weighted by Gasteiger charge is -2.17. The van der Waals surface area contributed by atoms with E-state index in [1.54, 1.807) is 7.11 Å². The van der Waals surface area contributed by atoms with Gasteiger partial charge in [0, 0.05) is 28.3 Å². The van der Waals surface area contributed by atoms with E-state index >= 15 is 0 Å². The number of benzene rings is 2. The zero-order valence-corrected chi connectivity index (χ0v) is 12.7. The van der Waals surface area contributed by atoms with Crippen molar-refractivity contribution in [3.8, 4) is 5.75 Å². The second kappa shape index (κ2) is 6.22. The fraction of sp³-hybridized carbons (Fsp3) is 0.200. The van der Waals surface area contributed by atoms with Crippen molar-refractivity contribution in [3.63, 3.8) is 0 Å². The third-order valence-electron chi connectivity index (χ3n) is 2.88. The molecule has 0 aliphatic carbocycles. The summed E-state index contributed by atoms with van der Waals surface area (Å²) in [4.78, 5) is 0. The third kappa shape index (κ3) is 3.70. The smallest absolute Gasteiger partial charge is 0.126 e. The summed E-state index contributed by atoms with van der Waals surface area (Å²) >= 11 is 3.38. The number of nitrogens with one attached hydrogen (secondary N) is 1. The van der Waals surface area contributed by atoms with Crippen LogP contribution in [0.4, 0.5) is 14.5 Å². The first kappa shape index (κ1) is 14.8. The fourth-order valence-corrected chi connectivity index (χ4v) is 2.39. The van der Waals surface area contributed by atoms with Gasteiger partial charge in [-0.3, -0.25) is 0 Å². The molecule has 2 aromatic carbocycles. The van der Waals surface area contributed by atoms with Gasteiger partial charge in [0.1, 0.15) is 17.4 Å². The highest BCUT2D eigenvalue weighted by Crippen LogP contribution is 2.27. The van der Waals surface area contributed by atoms with E-state index < -0.39 is 11.6 Å². The summed E-state index contributed by atoms with van der Waals surface area (Å²) in [5.74, 6) is -0.472. The van der Waals surface area contributed by atoms with Gasteiger partial charge in [0.2, 0.25) is 0 Å². The molecule has 1 N–H and O–H groups in total. The number of ether oxygens (including phenoxy) is 1. The second-order valence-electron chi connectivity index (χ2n) is 4.45. The first-order valence-corrected chi connectivity index (χ1v) is 6.84. The van der Waals surface area contributed by atoms with Crippen LogP contribution >= 0.6 is 15.9 Å². The minimum Gasteiger partial charge on any atom is -0.497 e. The third-order valence-corrected chi connectivity index (χ3v) is 3.33. The van der Waals surface area contributed by atoms with E-state index in [1.165, 1.54) is 12.1 Å². The Morgan fingerprint density at radius 3 is 2.30 bits per heavy atom. The summed E-state index contributed by atoms with van der Waals surface area (Å²) in [6.07, 6.45) is 0. The maximum absolute atomic E-state index is 13.2. The van der Waals surface area contributed by atoms with Gasteiger partial charge in [0.15, 0.2) is 0 Å². The molecule has 2 rings (SSSR count). The van der Waals surface area contributed by atoms with Crippen molar-refractivity contribution < 1.29 is 13.5 Å². The number of halogens is 3. The summed E-state index contributed by atoms with van der Waals surface area (Å²) < 4.78 is 32.5. The summed E-state index contributed by atoms with van der Waals surface area (Å²) in [6, 6.07) is 8.77. The lowest BCUT2D eigenvalue weighted by atomic mass is 10.1. The van der Waals surface area contributed by atoms with Crippen molar-refractivity contribution in [2.75, 3.05) is 12.4 Å². The van der Waals surface area contributed by atoms with Crippen molar-refractivity contribution in [1.29, 1.82) is 0 Å². The number of hydrogen-bond donors (Lipinski definition) is 1. The van der Waals surface area contributed by atoms with Crippen LogP contribution in [0.5, 0.6) is 5.75 Å². The van der Waals surface area contributed by atoms with Crippen LogP contribution in [0.15, 0.2) is 40.9 Å². The Balaban J connectivity index is 2.22. The van der Waals surface area contributed by atoms with Crippen LogP contribution in [0.1, 0.15) is 18.5 Å². The molecule has 2 nitrogen and oxygen atoms in total. The molecule has 0 radical (unpaired) electrons. The predicted octanol–water partition coefficient (Wildman–Crippen LogP) is 4.91. The average molecular weight is 342 g/mol. The van der Waals surface area contributed by atoms with Gasteiger partial charge in [0.05, 0.1) is 7.11 Å². The molecule has 0 saturated heterocycles. The first-order chi connectivity index (χ1) is 9.47. The maximum atomic E-state index is 13.2. The van der Waals surface area contributed by atoms with E-state index in [9.17, 15) is 8.78 Å². The number of anilines is 1. The van der Waals surface area contributed by atoms with E-state index in [1.807, 2.05) is 25.1 Å². The van der Waals surface area contributed by atoms with Crippen LogP contribution in [0.25, 0.3) is 0 Å². The Labute approximate surface area is 124 Å². The zero-order valence-electron chi connectivity index (χ0n) is 11.1. The van der Waals surface area contributed by atoms with Gasteiger partial charge in [-0.1, -0.05) is 15.9 Å². The van der Waals surface area contributed by atoms with Crippen LogP contribution in [0.2, 0.25) is 0 Å². The molecule has 0 bridgehead atoms. The molecule has 1 unspecified atom stereocenters. The molecule has 0 amide bonds. The molecule has 1 atom stereocenters. The summed E-state index contributed by atoms with van der Waals surface area (Å²) in [7, 11) is 1.58.